The standard InChI is InChI=1S/C19H39N5O2/c1-16(2)17(24-11-8-6-7-9-12-24)14-21-19(20-10-13-26-5)22-15-18(25)23(3)4/h16-17H,6-15H2,1-5H3,(H2,20,21,22). The summed E-state index contributed by atoms with van der Waals surface area (Å²) >= 11 is 0. The van der Waals surface area contributed by atoms with Gasteiger partial charge in [0, 0.05) is 40.3 Å². The van der Waals surface area contributed by atoms with Crippen molar-refractivity contribution < 1.29 is 9.53 Å². The number of nitrogens with one attached hydrogen (secondary N) is 2. The second-order valence-corrected chi connectivity index (χ2v) is 7.52. The SMILES string of the molecule is COCCNC(=NCC(=O)N(C)C)NCC(C(C)C)N1CCCCCC1. The van der Waals surface area contributed by atoms with E-state index in [0.717, 1.165) is 6.54 Å². The molecular formula is C19H39N5O2. The number of carbonyl (C=O) groups excluding carboxylic acids is 1. The fourth-order valence-electron chi connectivity index (χ4n) is 3.15. The van der Waals surface area contributed by atoms with Gasteiger partial charge < -0.3 is 20.3 Å². The summed E-state index contributed by atoms with van der Waals surface area (Å²) in [6.45, 7) is 9.14. The monoisotopic (exact) mass is 369 g/mol. The van der Waals surface area contributed by atoms with Crippen LogP contribution in [0.5, 0.6) is 0 Å². The number of hydrogen-bond donors (Lipinski definition) is 2. The van der Waals surface area contributed by atoms with Crippen molar-refractivity contribution in [1.82, 2.24) is 20.4 Å². The molecule has 1 rings (SSSR count). The van der Waals surface area contributed by atoms with Crippen LogP contribution in [0.4, 0.5) is 0 Å². The number of carbonyl (C=O) groups is 1. The molecule has 0 spiro atoms. The lowest BCUT2D eigenvalue weighted by Crippen LogP contribution is -2.50. The summed E-state index contributed by atoms with van der Waals surface area (Å²) < 4.78 is 5.10. The van der Waals surface area contributed by atoms with Crippen LogP contribution in [0.1, 0.15) is 39.5 Å². The quantitative estimate of drug-likeness (QED) is 0.363. The van der Waals surface area contributed by atoms with Crippen LogP contribution < -0.4 is 10.6 Å². The lowest BCUT2D eigenvalue weighted by atomic mass is 10.0. The van der Waals surface area contributed by atoms with Gasteiger partial charge in [0.1, 0.15) is 6.54 Å². The molecule has 152 valence electrons. The zero-order chi connectivity index (χ0) is 19.4. The molecule has 0 aromatic carbocycles. The second-order valence-electron chi connectivity index (χ2n) is 7.52. The fourth-order valence-corrected chi connectivity index (χ4v) is 3.15. The topological polar surface area (TPSA) is 69.2 Å². The molecule has 7 heteroatoms. The minimum absolute atomic E-state index is 0.00855. The maximum atomic E-state index is 11.8. The maximum absolute atomic E-state index is 11.8. The Morgan fingerprint density at radius 2 is 1.81 bits per heavy atom. The van der Waals surface area contributed by atoms with E-state index >= 15 is 0 Å². The highest BCUT2D eigenvalue weighted by Crippen LogP contribution is 2.17. The molecule has 2 N–H and O–H groups in total. The van der Waals surface area contributed by atoms with Gasteiger partial charge in [-0.25, -0.2) is 4.99 Å². The summed E-state index contributed by atoms with van der Waals surface area (Å²) in [6.07, 6.45) is 5.25. The Morgan fingerprint density at radius 3 is 2.35 bits per heavy atom. The first-order valence-electron chi connectivity index (χ1n) is 9.91. The number of likely N-dealkylation sites (tertiary alicyclic amines) is 1. The first-order chi connectivity index (χ1) is 12.5. The number of aliphatic imine (C=N–C) groups is 1. The number of likely N-dealkylation sites (N-methyl/N-ethyl adjacent to an activating group) is 1. The van der Waals surface area contributed by atoms with E-state index in [1.807, 2.05) is 0 Å². The number of ether oxygens (including phenoxy) is 1. The molecule has 0 saturated carbocycles. The number of hydrogen-bond acceptors (Lipinski definition) is 4. The van der Waals surface area contributed by atoms with Gasteiger partial charge in [-0.2, -0.15) is 0 Å². The van der Waals surface area contributed by atoms with Crippen LogP contribution in [-0.4, -0.2) is 88.2 Å². The molecule has 1 atom stereocenters. The van der Waals surface area contributed by atoms with Gasteiger partial charge in [0.05, 0.1) is 6.61 Å². The van der Waals surface area contributed by atoms with Crippen molar-refractivity contribution >= 4 is 11.9 Å². The van der Waals surface area contributed by atoms with Crippen molar-refractivity contribution in [2.75, 3.05) is 60.5 Å². The fraction of sp³-hybridized carbons (Fsp3) is 0.895. The number of rotatable bonds is 9. The van der Waals surface area contributed by atoms with E-state index in [2.05, 4.69) is 34.4 Å². The third kappa shape index (κ3) is 8.85. The largest absolute Gasteiger partial charge is 0.383 e. The predicted molar refractivity (Wildman–Crippen MR) is 108 cm³/mol. The molecule has 1 unspecified atom stereocenters. The highest BCUT2D eigenvalue weighted by atomic mass is 16.5. The number of nitrogens with zero attached hydrogens (tertiary/aromatic N) is 3. The van der Waals surface area contributed by atoms with Crippen molar-refractivity contribution in [1.29, 1.82) is 0 Å². The third-order valence-corrected chi connectivity index (χ3v) is 4.83. The van der Waals surface area contributed by atoms with Gasteiger partial charge in [0.2, 0.25) is 5.91 Å². The molecule has 0 radical (unpaired) electrons. The molecule has 1 fully saturated rings. The van der Waals surface area contributed by atoms with Gasteiger partial charge in [-0.05, 0) is 31.8 Å². The molecule has 0 aromatic heterocycles. The minimum Gasteiger partial charge on any atom is -0.383 e. The van der Waals surface area contributed by atoms with Crippen molar-refractivity contribution in [3.8, 4) is 0 Å². The molecule has 0 aliphatic carbocycles. The van der Waals surface area contributed by atoms with Gasteiger partial charge >= 0.3 is 0 Å². The molecule has 0 aromatic rings. The van der Waals surface area contributed by atoms with Gasteiger partial charge in [-0.1, -0.05) is 26.7 Å². The van der Waals surface area contributed by atoms with Crippen LogP contribution >= 0.6 is 0 Å². The summed E-state index contributed by atoms with van der Waals surface area (Å²) in [6, 6.07) is 0.465. The Balaban J connectivity index is 2.66. The Bertz CT molecular complexity index is 418. The van der Waals surface area contributed by atoms with Crippen LogP contribution in [0.3, 0.4) is 0 Å². The van der Waals surface area contributed by atoms with E-state index in [1.54, 1.807) is 26.1 Å². The van der Waals surface area contributed by atoms with E-state index in [9.17, 15) is 4.79 Å². The molecule has 1 heterocycles. The first kappa shape index (κ1) is 22.7. The van der Waals surface area contributed by atoms with Gasteiger partial charge in [0.25, 0.3) is 0 Å². The van der Waals surface area contributed by atoms with E-state index in [4.69, 9.17) is 4.74 Å². The molecule has 1 aliphatic heterocycles. The van der Waals surface area contributed by atoms with Crippen LogP contribution in [0, 0.1) is 5.92 Å². The Morgan fingerprint density at radius 1 is 1.15 bits per heavy atom. The Labute approximate surface area is 159 Å². The van der Waals surface area contributed by atoms with Gasteiger partial charge in [-0.3, -0.25) is 9.69 Å². The third-order valence-electron chi connectivity index (χ3n) is 4.83. The molecule has 1 saturated heterocycles. The lowest BCUT2D eigenvalue weighted by Gasteiger charge is -2.34. The predicted octanol–water partition coefficient (Wildman–Crippen LogP) is 1.16. The van der Waals surface area contributed by atoms with Gasteiger partial charge in [0.15, 0.2) is 5.96 Å². The summed E-state index contributed by atoms with van der Waals surface area (Å²) in [4.78, 5) is 20.5. The summed E-state index contributed by atoms with van der Waals surface area (Å²) in [5.74, 6) is 1.23. The van der Waals surface area contributed by atoms with Gasteiger partial charge in [-0.15, -0.1) is 0 Å². The average Bonchev–Trinajstić information content (AvgIpc) is 2.88. The van der Waals surface area contributed by atoms with E-state index in [0.29, 0.717) is 31.1 Å². The highest BCUT2D eigenvalue weighted by Gasteiger charge is 2.23. The number of guanidine groups is 1. The zero-order valence-corrected chi connectivity index (χ0v) is 17.4. The van der Waals surface area contributed by atoms with E-state index < -0.39 is 0 Å². The van der Waals surface area contributed by atoms with Crippen LogP contribution in [0.2, 0.25) is 0 Å². The summed E-state index contributed by atoms with van der Waals surface area (Å²) in [5, 5.41) is 6.69. The molecular weight excluding hydrogens is 330 g/mol. The molecule has 1 aliphatic rings. The van der Waals surface area contributed by atoms with E-state index in [-0.39, 0.29) is 12.5 Å². The van der Waals surface area contributed by atoms with Crippen molar-refractivity contribution in [2.24, 2.45) is 10.9 Å². The smallest absolute Gasteiger partial charge is 0.243 e. The minimum atomic E-state index is -0.00855. The first-order valence-corrected chi connectivity index (χ1v) is 9.91. The molecule has 1 amide bonds. The van der Waals surface area contributed by atoms with Crippen molar-refractivity contribution in [3.63, 3.8) is 0 Å². The lowest BCUT2D eigenvalue weighted by molar-refractivity contribution is -0.127. The van der Waals surface area contributed by atoms with Crippen LogP contribution in [0.25, 0.3) is 0 Å². The zero-order valence-electron chi connectivity index (χ0n) is 17.4. The van der Waals surface area contributed by atoms with Crippen molar-refractivity contribution in [2.45, 2.75) is 45.6 Å². The second kappa shape index (κ2) is 12.9. The summed E-state index contributed by atoms with van der Waals surface area (Å²) in [5.41, 5.74) is 0. The Kier molecular flexibility index (Phi) is 11.3. The van der Waals surface area contributed by atoms with Crippen molar-refractivity contribution in [3.05, 3.63) is 0 Å². The summed E-state index contributed by atoms with van der Waals surface area (Å²) in [7, 11) is 5.17. The Hall–Kier alpha value is -1.34. The molecule has 26 heavy (non-hydrogen) atoms. The van der Waals surface area contributed by atoms with Crippen LogP contribution in [-0.2, 0) is 9.53 Å². The highest BCUT2D eigenvalue weighted by molar-refractivity contribution is 5.84. The number of amides is 1. The normalized spacial score (nSPS) is 17.7. The molecule has 0 bridgehead atoms. The average molecular weight is 370 g/mol. The van der Waals surface area contributed by atoms with Crippen LogP contribution in [0.15, 0.2) is 4.99 Å². The number of methoxy groups -OCH3 is 1. The maximum Gasteiger partial charge on any atom is 0.243 e. The molecule has 7 nitrogen and oxygen atoms in total. The van der Waals surface area contributed by atoms with E-state index in [1.165, 1.54) is 38.8 Å².